The standard InChI is InChI=1S/C10H10FN5/c1-6-2-3-7(11)8(4-6)15-16-9(5-12)10(13)14/h2-4,15H,1H3,(H3,13,14)/b16-9+. The van der Waals surface area contributed by atoms with Crippen LogP contribution in [0.1, 0.15) is 5.56 Å². The van der Waals surface area contributed by atoms with Crippen molar-refractivity contribution in [1.82, 2.24) is 0 Å². The molecule has 16 heavy (non-hydrogen) atoms. The van der Waals surface area contributed by atoms with Gasteiger partial charge in [0.1, 0.15) is 11.9 Å². The van der Waals surface area contributed by atoms with Crippen molar-refractivity contribution in [2.45, 2.75) is 6.92 Å². The van der Waals surface area contributed by atoms with Crippen molar-refractivity contribution in [3.05, 3.63) is 29.6 Å². The van der Waals surface area contributed by atoms with Crippen LogP contribution in [0.4, 0.5) is 10.1 Å². The van der Waals surface area contributed by atoms with Gasteiger partial charge in [0.2, 0.25) is 5.71 Å². The Labute approximate surface area is 91.9 Å². The summed E-state index contributed by atoms with van der Waals surface area (Å²) in [6.45, 7) is 1.80. The number of nitrogens with zero attached hydrogens (tertiary/aromatic N) is 2. The van der Waals surface area contributed by atoms with Gasteiger partial charge in [-0.3, -0.25) is 10.8 Å². The van der Waals surface area contributed by atoms with Gasteiger partial charge in [0.15, 0.2) is 5.84 Å². The lowest BCUT2D eigenvalue weighted by atomic mass is 10.2. The first-order valence-corrected chi connectivity index (χ1v) is 4.39. The van der Waals surface area contributed by atoms with E-state index in [2.05, 4.69) is 10.5 Å². The Kier molecular flexibility index (Phi) is 3.56. The molecule has 1 aromatic carbocycles. The van der Waals surface area contributed by atoms with E-state index >= 15 is 0 Å². The van der Waals surface area contributed by atoms with Gasteiger partial charge in [-0.1, -0.05) is 6.07 Å². The molecule has 0 aromatic heterocycles. The number of hydrazone groups is 1. The summed E-state index contributed by atoms with van der Waals surface area (Å²) in [4.78, 5) is 0. The average Bonchev–Trinajstić information content (AvgIpc) is 2.23. The summed E-state index contributed by atoms with van der Waals surface area (Å²) in [6, 6.07) is 6.05. The van der Waals surface area contributed by atoms with E-state index in [0.717, 1.165) is 5.56 Å². The second-order valence-corrected chi connectivity index (χ2v) is 3.08. The number of benzene rings is 1. The van der Waals surface area contributed by atoms with Gasteiger partial charge < -0.3 is 5.73 Å². The third-order valence-corrected chi connectivity index (χ3v) is 1.77. The number of aryl methyl sites for hydroxylation is 1. The second-order valence-electron chi connectivity index (χ2n) is 3.08. The van der Waals surface area contributed by atoms with Crippen LogP contribution in [0.3, 0.4) is 0 Å². The second kappa shape index (κ2) is 4.89. The Balaban J connectivity index is 2.94. The molecule has 0 fully saturated rings. The van der Waals surface area contributed by atoms with Crippen molar-refractivity contribution >= 4 is 17.2 Å². The van der Waals surface area contributed by atoms with Gasteiger partial charge in [0.25, 0.3) is 0 Å². The van der Waals surface area contributed by atoms with Crippen LogP contribution >= 0.6 is 0 Å². The molecule has 4 N–H and O–H groups in total. The lowest BCUT2D eigenvalue weighted by Gasteiger charge is -2.03. The zero-order chi connectivity index (χ0) is 12.1. The quantitative estimate of drug-likeness (QED) is 0.406. The number of hydrogen-bond donors (Lipinski definition) is 3. The minimum Gasteiger partial charge on any atom is -0.382 e. The minimum absolute atomic E-state index is 0.133. The molecule has 1 rings (SSSR count). The van der Waals surface area contributed by atoms with Gasteiger partial charge in [-0.2, -0.15) is 10.4 Å². The average molecular weight is 219 g/mol. The maximum Gasteiger partial charge on any atom is 0.201 e. The van der Waals surface area contributed by atoms with E-state index in [1.807, 2.05) is 0 Å². The smallest absolute Gasteiger partial charge is 0.201 e. The van der Waals surface area contributed by atoms with Crippen LogP contribution in [0.2, 0.25) is 0 Å². The molecule has 0 aliphatic rings. The molecule has 0 aliphatic carbocycles. The molecule has 0 aliphatic heterocycles. The van der Waals surface area contributed by atoms with Crippen LogP contribution in [-0.2, 0) is 0 Å². The molecule has 0 amide bonds. The number of nitrogens with one attached hydrogen (secondary N) is 2. The summed E-state index contributed by atoms with van der Waals surface area (Å²) in [6.07, 6.45) is 0. The highest BCUT2D eigenvalue weighted by molar-refractivity contribution is 6.45. The molecule has 5 nitrogen and oxygen atoms in total. The molecule has 0 bridgehead atoms. The minimum atomic E-state index is -0.491. The Hall–Kier alpha value is -2.42. The van der Waals surface area contributed by atoms with E-state index < -0.39 is 11.7 Å². The summed E-state index contributed by atoms with van der Waals surface area (Å²) in [5.74, 6) is -0.960. The number of anilines is 1. The van der Waals surface area contributed by atoms with E-state index in [0.29, 0.717) is 0 Å². The Morgan fingerprint density at radius 1 is 1.62 bits per heavy atom. The molecular weight excluding hydrogens is 209 g/mol. The lowest BCUT2D eigenvalue weighted by Crippen LogP contribution is -2.22. The van der Waals surface area contributed by atoms with Crippen LogP contribution in [0, 0.1) is 29.5 Å². The van der Waals surface area contributed by atoms with E-state index in [1.54, 1.807) is 19.1 Å². The monoisotopic (exact) mass is 219 g/mol. The van der Waals surface area contributed by atoms with Gasteiger partial charge in [-0.05, 0) is 24.6 Å². The van der Waals surface area contributed by atoms with Gasteiger partial charge in [0, 0.05) is 0 Å². The molecular formula is C10H10FN5. The molecule has 0 heterocycles. The van der Waals surface area contributed by atoms with Crippen LogP contribution in [0.15, 0.2) is 23.3 Å². The third kappa shape index (κ3) is 2.78. The molecule has 1 aromatic rings. The molecule has 0 spiro atoms. The van der Waals surface area contributed by atoms with E-state index in [9.17, 15) is 4.39 Å². The third-order valence-electron chi connectivity index (χ3n) is 1.77. The van der Waals surface area contributed by atoms with Crippen LogP contribution in [0.5, 0.6) is 0 Å². The molecule has 6 heteroatoms. The molecule has 0 saturated carbocycles. The number of nitrogens with two attached hydrogens (primary N) is 1. The first-order chi connectivity index (χ1) is 7.54. The number of nitriles is 1. The Morgan fingerprint density at radius 2 is 2.31 bits per heavy atom. The predicted octanol–water partition coefficient (Wildman–Crippen LogP) is 1.36. The molecule has 0 saturated heterocycles. The summed E-state index contributed by atoms with van der Waals surface area (Å²) in [7, 11) is 0. The van der Waals surface area contributed by atoms with E-state index in [4.69, 9.17) is 16.4 Å². The van der Waals surface area contributed by atoms with Crippen molar-refractivity contribution in [3.63, 3.8) is 0 Å². The first kappa shape index (κ1) is 11.7. The van der Waals surface area contributed by atoms with Crippen LogP contribution < -0.4 is 11.2 Å². The summed E-state index contributed by atoms with van der Waals surface area (Å²) < 4.78 is 13.2. The Bertz CT molecular complexity index is 486. The molecule has 0 unspecified atom stereocenters. The highest BCUT2D eigenvalue weighted by atomic mass is 19.1. The topological polar surface area (TPSA) is 98.0 Å². The normalized spacial score (nSPS) is 10.7. The van der Waals surface area contributed by atoms with Crippen LogP contribution in [-0.4, -0.2) is 11.5 Å². The lowest BCUT2D eigenvalue weighted by molar-refractivity contribution is 0.630. The fourth-order valence-electron chi connectivity index (χ4n) is 0.986. The summed E-state index contributed by atoms with van der Waals surface area (Å²) in [5.41, 5.74) is 8.12. The zero-order valence-electron chi connectivity index (χ0n) is 8.58. The number of amidine groups is 1. The SMILES string of the molecule is Cc1ccc(F)c(N/N=C(\C#N)C(=N)N)c1. The summed E-state index contributed by atoms with van der Waals surface area (Å²) in [5, 5.41) is 19.1. The van der Waals surface area contributed by atoms with E-state index in [1.165, 1.54) is 12.1 Å². The highest BCUT2D eigenvalue weighted by Crippen LogP contribution is 2.15. The number of rotatable bonds is 3. The van der Waals surface area contributed by atoms with E-state index in [-0.39, 0.29) is 11.4 Å². The first-order valence-electron chi connectivity index (χ1n) is 4.39. The van der Waals surface area contributed by atoms with Gasteiger partial charge in [0.05, 0.1) is 5.69 Å². The van der Waals surface area contributed by atoms with Gasteiger partial charge in [-0.25, -0.2) is 4.39 Å². The van der Waals surface area contributed by atoms with Gasteiger partial charge in [-0.15, -0.1) is 0 Å². The fourth-order valence-corrected chi connectivity index (χ4v) is 0.986. The van der Waals surface area contributed by atoms with Crippen molar-refractivity contribution in [1.29, 1.82) is 10.7 Å². The molecule has 0 radical (unpaired) electrons. The van der Waals surface area contributed by atoms with Crippen molar-refractivity contribution < 1.29 is 4.39 Å². The van der Waals surface area contributed by atoms with Crippen molar-refractivity contribution in [3.8, 4) is 6.07 Å². The van der Waals surface area contributed by atoms with Crippen LogP contribution in [0.25, 0.3) is 0 Å². The number of hydrogen-bond acceptors (Lipinski definition) is 4. The highest BCUT2D eigenvalue weighted by Gasteiger charge is 2.03. The van der Waals surface area contributed by atoms with Crippen molar-refractivity contribution in [2.75, 3.05) is 5.43 Å². The maximum atomic E-state index is 13.2. The zero-order valence-corrected chi connectivity index (χ0v) is 8.58. The Morgan fingerprint density at radius 3 is 2.88 bits per heavy atom. The predicted molar refractivity (Wildman–Crippen MR) is 59.7 cm³/mol. The summed E-state index contributed by atoms with van der Waals surface area (Å²) >= 11 is 0. The van der Waals surface area contributed by atoms with Gasteiger partial charge >= 0.3 is 0 Å². The number of halogens is 1. The molecule has 0 atom stereocenters. The fraction of sp³-hybridized carbons (Fsp3) is 0.100. The molecule has 82 valence electrons. The largest absolute Gasteiger partial charge is 0.382 e. The maximum absolute atomic E-state index is 13.2. The van der Waals surface area contributed by atoms with Crippen molar-refractivity contribution in [2.24, 2.45) is 10.8 Å².